The number of rotatable bonds is 5. The van der Waals surface area contributed by atoms with Crippen LogP contribution >= 0.6 is 15.9 Å². The average molecular weight is 351 g/mol. The summed E-state index contributed by atoms with van der Waals surface area (Å²) in [6.07, 6.45) is 0.470. The Morgan fingerprint density at radius 3 is 2.38 bits per heavy atom. The molecule has 1 N–H and O–H groups in total. The van der Waals surface area contributed by atoms with Gasteiger partial charge in [0.05, 0.1) is 19.8 Å². The molecular formula is C17H19BrO3. The Labute approximate surface area is 133 Å². The van der Waals surface area contributed by atoms with Gasteiger partial charge >= 0.3 is 0 Å². The fourth-order valence-electron chi connectivity index (χ4n) is 2.24. The molecule has 0 spiro atoms. The van der Waals surface area contributed by atoms with Gasteiger partial charge in [0.2, 0.25) is 0 Å². The quantitative estimate of drug-likeness (QED) is 0.888. The van der Waals surface area contributed by atoms with E-state index < -0.39 is 5.60 Å². The van der Waals surface area contributed by atoms with Crippen molar-refractivity contribution in [2.45, 2.75) is 18.9 Å². The van der Waals surface area contributed by atoms with E-state index in [0.717, 1.165) is 27.1 Å². The van der Waals surface area contributed by atoms with Gasteiger partial charge in [-0.15, -0.1) is 0 Å². The summed E-state index contributed by atoms with van der Waals surface area (Å²) < 4.78 is 11.4. The van der Waals surface area contributed by atoms with E-state index in [0.29, 0.717) is 6.42 Å². The summed E-state index contributed by atoms with van der Waals surface area (Å²) in [6, 6.07) is 13.2. The molecule has 21 heavy (non-hydrogen) atoms. The van der Waals surface area contributed by atoms with Crippen LogP contribution in [0.1, 0.15) is 18.1 Å². The number of benzene rings is 2. The van der Waals surface area contributed by atoms with Crippen molar-refractivity contribution in [2.75, 3.05) is 14.2 Å². The Hall–Kier alpha value is -1.52. The van der Waals surface area contributed by atoms with Crippen LogP contribution in [0, 0.1) is 0 Å². The SMILES string of the molecule is COc1cccc(C(C)(O)Cc2cc(OC)ccc2Br)c1. The molecule has 112 valence electrons. The highest BCUT2D eigenvalue weighted by Gasteiger charge is 2.25. The van der Waals surface area contributed by atoms with Crippen LogP contribution in [0.5, 0.6) is 11.5 Å². The summed E-state index contributed by atoms with van der Waals surface area (Å²) in [7, 11) is 3.25. The first-order valence-corrected chi connectivity index (χ1v) is 7.45. The van der Waals surface area contributed by atoms with Crippen LogP contribution in [0.3, 0.4) is 0 Å². The Morgan fingerprint density at radius 1 is 1.05 bits per heavy atom. The summed E-state index contributed by atoms with van der Waals surface area (Å²) in [5, 5.41) is 10.8. The fraction of sp³-hybridized carbons (Fsp3) is 0.294. The lowest BCUT2D eigenvalue weighted by Gasteiger charge is -2.25. The largest absolute Gasteiger partial charge is 0.497 e. The Morgan fingerprint density at radius 2 is 1.71 bits per heavy atom. The predicted octanol–water partition coefficient (Wildman–Crippen LogP) is 3.92. The number of ether oxygens (including phenoxy) is 2. The second kappa shape index (κ2) is 6.50. The zero-order chi connectivity index (χ0) is 15.5. The van der Waals surface area contributed by atoms with Crippen molar-refractivity contribution in [3.63, 3.8) is 0 Å². The van der Waals surface area contributed by atoms with E-state index >= 15 is 0 Å². The lowest BCUT2D eigenvalue weighted by atomic mass is 9.89. The molecule has 0 aliphatic rings. The molecule has 2 aromatic carbocycles. The van der Waals surface area contributed by atoms with E-state index in [1.54, 1.807) is 21.1 Å². The predicted molar refractivity (Wildman–Crippen MR) is 87.0 cm³/mol. The third-order valence-electron chi connectivity index (χ3n) is 3.48. The highest BCUT2D eigenvalue weighted by molar-refractivity contribution is 9.10. The molecule has 2 aromatic rings. The Bertz CT molecular complexity index is 623. The van der Waals surface area contributed by atoms with Gasteiger partial charge in [0.15, 0.2) is 0 Å². The molecule has 0 aliphatic carbocycles. The molecule has 1 unspecified atom stereocenters. The third kappa shape index (κ3) is 3.77. The molecule has 0 heterocycles. The highest BCUT2D eigenvalue weighted by Crippen LogP contribution is 2.32. The number of hydrogen-bond donors (Lipinski definition) is 1. The third-order valence-corrected chi connectivity index (χ3v) is 4.25. The van der Waals surface area contributed by atoms with E-state index in [-0.39, 0.29) is 0 Å². The van der Waals surface area contributed by atoms with Gasteiger partial charge in [-0.25, -0.2) is 0 Å². The molecule has 0 aliphatic heterocycles. The first-order chi connectivity index (χ1) is 9.96. The van der Waals surface area contributed by atoms with Crippen molar-refractivity contribution in [1.82, 2.24) is 0 Å². The Kier molecular flexibility index (Phi) is 4.91. The standard InChI is InChI=1S/C17H19BrO3/c1-17(19,13-5-4-6-14(10-13)20-2)11-12-9-15(21-3)7-8-16(12)18/h4-10,19H,11H2,1-3H3. The van der Waals surface area contributed by atoms with Gasteiger partial charge in [-0.3, -0.25) is 0 Å². The summed E-state index contributed by atoms with van der Waals surface area (Å²) in [5.41, 5.74) is 0.808. The maximum Gasteiger partial charge on any atom is 0.119 e. The highest BCUT2D eigenvalue weighted by atomic mass is 79.9. The van der Waals surface area contributed by atoms with Crippen molar-refractivity contribution in [1.29, 1.82) is 0 Å². The fourth-order valence-corrected chi connectivity index (χ4v) is 2.63. The van der Waals surface area contributed by atoms with Crippen LogP contribution in [0.4, 0.5) is 0 Å². The first-order valence-electron chi connectivity index (χ1n) is 6.65. The second-order valence-corrected chi connectivity index (χ2v) is 5.99. The zero-order valence-electron chi connectivity index (χ0n) is 12.4. The molecule has 3 nitrogen and oxygen atoms in total. The van der Waals surface area contributed by atoms with Crippen LogP contribution in [0.25, 0.3) is 0 Å². The Balaban J connectivity index is 2.31. The van der Waals surface area contributed by atoms with E-state index in [2.05, 4.69) is 15.9 Å². The number of aliphatic hydroxyl groups is 1. The van der Waals surface area contributed by atoms with E-state index in [9.17, 15) is 5.11 Å². The van der Waals surface area contributed by atoms with Crippen molar-refractivity contribution in [2.24, 2.45) is 0 Å². The molecule has 0 saturated carbocycles. The van der Waals surface area contributed by atoms with Gasteiger partial charge in [-0.05, 0) is 48.4 Å². The maximum absolute atomic E-state index is 10.8. The van der Waals surface area contributed by atoms with Crippen molar-refractivity contribution < 1.29 is 14.6 Å². The smallest absolute Gasteiger partial charge is 0.119 e. The van der Waals surface area contributed by atoms with Gasteiger partial charge < -0.3 is 14.6 Å². The second-order valence-electron chi connectivity index (χ2n) is 5.14. The van der Waals surface area contributed by atoms with Gasteiger partial charge in [-0.1, -0.05) is 28.1 Å². The average Bonchev–Trinajstić information content (AvgIpc) is 2.49. The lowest BCUT2D eigenvalue weighted by Crippen LogP contribution is -2.24. The molecule has 0 fully saturated rings. The van der Waals surface area contributed by atoms with Crippen molar-refractivity contribution in [3.8, 4) is 11.5 Å². The van der Waals surface area contributed by atoms with Crippen LogP contribution in [0.2, 0.25) is 0 Å². The molecule has 0 saturated heterocycles. The van der Waals surface area contributed by atoms with Crippen LogP contribution < -0.4 is 9.47 Å². The molecule has 0 radical (unpaired) electrons. The van der Waals surface area contributed by atoms with Crippen LogP contribution in [-0.2, 0) is 12.0 Å². The summed E-state index contributed by atoms with van der Waals surface area (Å²) in [4.78, 5) is 0. The number of halogens is 1. The van der Waals surface area contributed by atoms with Gasteiger partial charge in [-0.2, -0.15) is 0 Å². The first kappa shape index (κ1) is 15.9. The molecule has 0 amide bonds. The summed E-state index contributed by atoms with van der Waals surface area (Å²) in [5.74, 6) is 1.51. The molecule has 0 bridgehead atoms. The summed E-state index contributed by atoms with van der Waals surface area (Å²) >= 11 is 3.52. The van der Waals surface area contributed by atoms with Gasteiger partial charge in [0.1, 0.15) is 11.5 Å². The minimum Gasteiger partial charge on any atom is -0.497 e. The van der Waals surface area contributed by atoms with E-state index in [1.165, 1.54) is 0 Å². The minimum atomic E-state index is -0.997. The molecule has 1 atom stereocenters. The zero-order valence-corrected chi connectivity index (χ0v) is 14.0. The minimum absolute atomic E-state index is 0.470. The van der Waals surface area contributed by atoms with E-state index in [1.807, 2.05) is 42.5 Å². The molecule has 2 rings (SSSR count). The monoisotopic (exact) mass is 350 g/mol. The lowest BCUT2D eigenvalue weighted by molar-refractivity contribution is 0.0572. The topological polar surface area (TPSA) is 38.7 Å². The maximum atomic E-state index is 10.8. The molecule has 0 aromatic heterocycles. The summed E-state index contributed by atoms with van der Waals surface area (Å²) in [6.45, 7) is 1.80. The van der Waals surface area contributed by atoms with Crippen LogP contribution in [-0.4, -0.2) is 19.3 Å². The molecule has 4 heteroatoms. The van der Waals surface area contributed by atoms with Crippen LogP contribution in [0.15, 0.2) is 46.9 Å². The van der Waals surface area contributed by atoms with Crippen molar-refractivity contribution in [3.05, 3.63) is 58.1 Å². The van der Waals surface area contributed by atoms with E-state index in [4.69, 9.17) is 9.47 Å². The van der Waals surface area contributed by atoms with Gasteiger partial charge in [0.25, 0.3) is 0 Å². The number of hydrogen-bond acceptors (Lipinski definition) is 3. The van der Waals surface area contributed by atoms with Gasteiger partial charge in [0, 0.05) is 10.9 Å². The normalized spacial score (nSPS) is 13.6. The van der Waals surface area contributed by atoms with Crippen molar-refractivity contribution >= 4 is 15.9 Å². The number of methoxy groups -OCH3 is 2. The molecular weight excluding hydrogens is 332 g/mol.